The Morgan fingerprint density at radius 3 is 2.32 bits per heavy atom. The molecule has 5 heterocycles. The number of pyridine rings is 1. The van der Waals surface area contributed by atoms with Crippen molar-refractivity contribution in [2.75, 3.05) is 20.2 Å². The highest BCUT2D eigenvalue weighted by atomic mass is 16.5. The third-order valence-electron chi connectivity index (χ3n) is 9.35. The highest BCUT2D eigenvalue weighted by Gasteiger charge is 2.37. The van der Waals surface area contributed by atoms with Crippen molar-refractivity contribution in [1.29, 1.82) is 0 Å². The second-order valence-electron chi connectivity index (χ2n) is 12.8. The summed E-state index contributed by atoms with van der Waals surface area (Å²) in [5, 5.41) is 7.27. The molecule has 0 radical (unpaired) electrons. The Labute approximate surface area is 273 Å². The number of carbonyl (C=O) groups excluding carboxylic acids is 2. The molecule has 2 saturated heterocycles. The number of likely N-dealkylation sites (tertiary alicyclic amines) is 1. The van der Waals surface area contributed by atoms with Gasteiger partial charge in [0.15, 0.2) is 0 Å². The second kappa shape index (κ2) is 13.0. The fraction of sp³-hybridized carbons (Fsp3) is 0.361. The molecule has 242 valence electrons. The number of ether oxygens (including phenoxy) is 1. The highest BCUT2D eigenvalue weighted by Crippen LogP contribution is 2.34. The fourth-order valence-electron chi connectivity index (χ4n) is 6.71. The third kappa shape index (κ3) is 6.23. The van der Waals surface area contributed by atoms with Gasteiger partial charge in [-0.25, -0.2) is 14.8 Å². The van der Waals surface area contributed by atoms with E-state index in [2.05, 4.69) is 79.1 Å². The smallest absolute Gasteiger partial charge is 0.407 e. The zero-order chi connectivity index (χ0) is 32.5. The maximum absolute atomic E-state index is 13.5. The fourth-order valence-corrected chi connectivity index (χ4v) is 6.71. The van der Waals surface area contributed by atoms with E-state index in [1.807, 2.05) is 37.3 Å². The van der Waals surface area contributed by atoms with Gasteiger partial charge in [-0.15, -0.1) is 0 Å². The van der Waals surface area contributed by atoms with Crippen molar-refractivity contribution in [3.63, 3.8) is 0 Å². The number of imidazole rings is 2. The van der Waals surface area contributed by atoms with Crippen LogP contribution in [0.25, 0.3) is 44.5 Å². The summed E-state index contributed by atoms with van der Waals surface area (Å²) in [6, 6.07) is 16.3. The van der Waals surface area contributed by atoms with Gasteiger partial charge in [0.05, 0.1) is 48.5 Å². The Hall–Kier alpha value is -5.03. The largest absolute Gasteiger partial charge is 0.453 e. The van der Waals surface area contributed by atoms with Crippen LogP contribution in [0.2, 0.25) is 0 Å². The van der Waals surface area contributed by atoms with Gasteiger partial charge in [-0.05, 0) is 61.4 Å². The Bertz CT molecular complexity index is 1890. The summed E-state index contributed by atoms with van der Waals surface area (Å²) < 4.78 is 4.75. The molecule has 2 aromatic carbocycles. The molecule has 3 atom stereocenters. The third-order valence-corrected chi connectivity index (χ3v) is 9.35. The molecular weight excluding hydrogens is 592 g/mol. The van der Waals surface area contributed by atoms with Crippen LogP contribution in [0, 0.1) is 5.92 Å². The molecule has 0 saturated carbocycles. The minimum absolute atomic E-state index is 0.0850. The van der Waals surface area contributed by atoms with Crippen molar-refractivity contribution >= 4 is 22.9 Å². The zero-order valence-electron chi connectivity index (χ0n) is 26.9. The van der Waals surface area contributed by atoms with Gasteiger partial charge >= 0.3 is 6.09 Å². The molecule has 47 heavy (non-hydrogen) atoms. The molecule has 11 heteroatoms. The first-order chi connectivity index (χ1) is 22.9. The number of nitrogens with zero attached hydrogens (tertiary/aromatic N) is 4. The number of benzene rings is 2. The van der Waals surface area contributed by atoms with Gasteiger partial charge in [0, 0.05) is 29.3 Å². The molecule has 7 rings (SSSR count). The zero-order valence-corrected chi connectivity index (χ0v) is 26.9. The number of alkyl carbamates (subject to hydrolysis) is 1. The van der Waals surface area contributed by atoms with Crippen LogP contribution in [-0.2, 0) is 9.53 Å². The summed E-state index contributed by atoms with van der Waals surface area (Å²) in [5.74, 6) is 1.53. The predicted molar refractivity (Wildman–Crippen MR) is 180 cm³/mol. The molecule has 2 amide bonds. The number of carbonyl (C=O) groups is 2. The summed E-state index contributed by atoms with van der Waals surface area (Å²) in [7, 11) is 1.30. The lowest BCUT2D eigenvalue weighted by molar-refractivity contribution is -0.135. The molecule has 2 fully saturated rings. The molecule has 0 bridgehead atoms. The molecule has 3 aromatic heterocycles. The average Bonchev–Trinajstić information content (AvgIpc) is 3.93. The molecule has 4 N–H and O–H groups in total. The topological polar surface area (TPSA) is 141 Å². The number of nitrogens with one attached hydrogen (secondary N) is 4. The monoisotopic (exact) mass is 632 g/mol. The molecule has 5 aromatic rings. The minimum Gasteiger partial charge on any atom is -0.453 e. The standard InChI is InChI=1S/C36H40N8O3/c1-21(2)32(43-36(46)47-3)35(45)44-15-5-7-31(44)34-40-19-29(42-34)23-10-8-22(9-11-23)26-16-24-12-13-25(17-28(24)38-18-26)30-20-39-33(41-30)27-6-4-14-37-27/h8-13,16-21,27,31-32,37H,4-7,14-15H2,1-3H3,(H,39,41)(H,40,42)(H,43,46)/t27-,31-,32-/m0/s1. The number of aromatic amines is 2. The molecule has 2 aliphatic rings. The normalized spacial score (nSPS) is 18.6. The lowest BCUT2D eigenvalue weighted by Gasteiger charge is -2.30. The molecule has 0 unspecified atom stereocenters. The van der Waals surface area contributed by atoms with Gasteiger partial charge in [-0.3, -0.25) is 9.78 Å². The molecular formula is C36H40N8O3. The first-order valence-corrected chi connectivity index (χ1v) is 16.4. The van der Waals surface area contributed by atoms with Crippen LogP contribution in [0.5, 0.6) is 0 Å². The summed E-state index contributed by atoms with van der Waals surface area (Å²) in [5.41, 5.74) is 7.00. The van der Waals surface area contributed by atoms with Crippen LogP contribution >= 0.6 is 0 Å². The number of H-pyrrole nitrogens is 2. The number of methoxy groups -OCH3 is 1. The molecule has 0 aliphatic carbocycles. The van der Waals surface area contributed by atoms with E-state index in [1.54, 1.807) is 0 Å². The highest BCUT2D eigenvalue weighted by molar-refractivity contribution is 5.88. The number of rotatable bonds is 8. The van der Waals surface area contributed by atoms with Crippen LogP contribution in [0.15, 0.2) is 67.1 Å². The summed E-state index contributed by atoms with van der Waals surface area (Å²) in [6.07, 6.45) is 9.00. The Balaban J connectivity index is 1.05. The Morgan fingerprint density at radius 2 is 1.57 bits per heavy atom. The Kier molecular flexibility index (Phi) is 8.46. The van der Waals surface area contributed by atoms with Gasteiger partial charge in [-0.2, -0.15) is 0 Å². The van der Waals surface area contributed by atoms with Crippen molar-refractivity contribution in [2.24, 2.45) is 5.92 Å². The number of amides is 2. The van der Waals surface area contributed by atoms with Crippen molar-refractivity contribution in [2.45, 2.75) is 57.7 Å². The van der Waals surface area contributed by atoms with E-state index in [1.165, 1.54) is 13.5 Å². The van der Waals surface area contributed by atoms with E-state index >= 15 is 0 Å². The minimum atomic E-state index is -0.666. The van der Waals surface area contributed by atoms with E-state index in [4.69, 9.17) is 9.72 Å². The van der Waals surface area contributed by atoms with Gasteiger partial charge in [0.25, 0.3) is 0 Å². The van der Waals surface area contributed by atoms with Crippen LogP contribution in [-0.4, -0.2) is 68.1 Å². The second-order valence-corrected chi connectivity index (χ2v) is 12.8. The molecule has 11 nitrogen and oxygen atoms in total. The van der Waals surface area contributed by atoms with Crippen molar-refractivity contribution < 1.29 is 14.3 Å². The molecule has 2 aliphatic heterocycles. The van der Waals surface area contributed by atoms with Crippen molar-refractivity contribution in [1.82, 2.24) is 40.5 Å². The van der Waals surface area contributed by atoms with E-state index in [0.29, 0.717) is 12.6 Å². The van der Waals surface area contributed by atoms with E-state index in [-0.39, 0.29) is 17.9 Å². The van der Waals surface area contributed by atoms with Crippen LogP contribution < -0.4 is 10.6 Å². The molecule has 0 spiro atoms. The first kappa shape index (κ1) is 30.6. The van der Waals surface area contributed by atoms with Crippen LogP contribution in [0.3, 0.4) is 0 Å². The quantitative estimate of drug-likeness (QED) is 0.161. The number of hydrogen-bond donors (Lipinski definition) is 4. The van der Waals surface area contributed by atoms with Crippen LogP contribution in [0.1, 0.15) is 63.3 Å². The van der Waals surface area contributed by atoms with E-state index in [9.17, 15) is 9.59 Å². The van der Waals surface area contributed by atoms with E-state index in [0.717, 1.165) is 82.0 Å². The van der Waals surface area contributed by atoms with Crippen molar-refractivity contribution in [3.8, 4) is 33.6 Å². The lowest BCUT2D eigenvalue weighted by atomic mass is 10.0. The summed E-state index contributed by atoms with van der Waals surface area (Å²) in [6.45, 7) is 5.48. The number of hydrogen-bond acceptors (Lipinski definition) is 7. The number of fused-ring (bicyclic) bond motifs is 1. The van der Waals surface area contributed by atoms with E-state index < -0.39 is 12.1 Å². The lowest BCUT2D eigenvalue weighted by Crippen LogP contribution is -2.51. The number of aromatic nitrogens is 5. The maximum atomic E-state index is 13.5. The van der Waals surface area contributed by atoms with Gasteiger partial charge in [0.2, 0.25) is 5.91 Å². The summed E-state index contributed by atoms with van der Waals surface area (Å²) in [4.78, 5) is 48.2. The predicted octanol–water partition coefficient (Wildman–Crippen LogP) is 6.15. The maximum Gasteiger partial charge on any atom is 0.407 e. The van der Waals surface area contributed by atoms with Gasteiger partial charge in [0.1, 0.15) is 17.7 Å². The van der Waals surface area contributed by atoms with Crippen molar-refractivity contribution in [3.05, 3.63) is 78.8 Å². The summed E-state index contributed by atoms with van der Waals surface area (Å²) >= 11 is 0. The SMILES string of the molecule is COC(=O)N[C@H](C(=O)N1CCC[C@H]1c1ncc(-c2ccc(-c3cnc4cc(-c5cnc([C@@H]6CCCN6)[nH]5)ccc4c3)cc2)[nH]1)C(C)C. The van der Waals surface area contributed by atoms with Crippen LogP contribution in [0.4, 0.5) is 4.79 Å². The van der Waals surface area contributed by atoms with Gasteiger partial charge < -0.3 is 30.2 Å². The first-order valence-electron chi connectivity index (χ1n) is 16.4. The Morgan fingerprint density at radius 1 is 0.851 bits per heavy atom. The van der Waals surface area contributed by atoms with Gasteiger partial charge in [-0.1, -0.05) is 50.2 Å². The average molecular weight is 633 g/mol.